The number of benzene rings is 2. The Morgan fingerprint density at radius 3 is 2.53 bits per heavy atom. The number of nitrogens with zero attached hydrogens (tertiary/aromatic N) is 2. The number of carbonyl (C=O) groups excluding carboxylic acids is 1. The third kappa shape index (κ3) is 4.83. The van der Waals surface area contributed by atoms with E-state index in [1.54, 1.807) is 24.3 Å². The maximum atomic E-state index is 12.7. The smallest absolute Gasteiger partial charge is 0.352 e. The average Bonchev–Trinajstić information content (AvgIpc) is 3.50. The van der Waals surface area contributed by atoms with Gasteiger partial charge in [0.2, 0.25) is 5.72 Å². The number of hydrogen-bond acceptors (Lipinski definition) is 5. The number of halogens is 1. The minimum Gasteiger partial charge on any atom is -0.478 e. The normalized spacial score (nSPS) is 15.4. The molecule has 0 radical (unpaired) electrons. The molecular formula is C23H23ClN4O4. The second-order valence-corrected chi connectivity index (χ2v) is 8.48. The van der Waals surface area contributed by atoms with Gasteiger partial charge < -0.3 is 10.2 Å². The molecule has 4 rings (SSSR count). The molecule has 1 aromatic heterocycles. The number of carboxylic acid groups (broad SMARTS) is 1. The largest absolute Gasteiger partial charge is 0.478 e. The minimum absolute atomic E-state index is 0.0409. The Labute approximate surface area is 189 Å². The molecule has 0 unspecified atom stereocenters. The molecule has 1 atom stereocenters. The van der Waals surface area contributed by atoms with E-state index in [0.29, 0.717) is 16.5 Å². The molecule has 0 bridgehead atoms. The van der Waals surface area contributed by atoms with Crippen molar-refractivity contribution in [3.05, 3.63) is 76.6 Å². The molecule has 1 amide bonds. The van der Waals surface area contributed by atoms with Crippen LogP contribution in [0.4, 0.5) is 0 Å². The van der Waals surface area contributed by atoms with Crippen molar-refractivity contribution in [2.45, 2.75) is 38.0 Å². The summed E-state index contributed by atoms with van der Waals surface area (Å²) in [4.78, 5) is 24.4. The predicted molar refractivity (Wildman–Crippen MR) is 119 cm³/mol. The van der Waals surface area contributed by atoms with Gasteiger partial charge in [-0.3, -0.25) is 15.3 Å². The number of aliphatic hydroxyl groups is 1. The number of amides is 1. The molecule has 1 fully saturated rings. The van der Waals surface area contributed by atoms with Crippen LogP contribution in [0.5, 0.6) is 0 Å². The summed E-state index contributed by atoms with van der Waals surface area (Å²) in [5.74, 6) is -1.71. The van der Waals surface area contributed by atoms with E-state index >= 15 is 0 Å². The van der Waals surface area contributed by atoms with Gasteiger partial charge in [-0.25, -0.2) is 4.79 Å². The summed E-state index contributed by atoms with van der Waals surface area (Å²) >= 11 is 6.06. The lowest BCUT2D eigenvalue weighted by Gasteiger charge is -2.33. The Morgan fingerprint density at radius 1 is 1.19 bits per heavy atom. The highest BCUT2D eigenvalue weighted by Gasteiger charge is 2.39. The highest BCUT2D eigenvalue weighted by atomic mass is 35.5. The highest BCUT2D eigenvalue weighted by molar-refractivity contribution is 6.30. The van der Waals surface area contributed by atoms with Crippen LogP contribution < -0.4 is 5.43 Å². The number of carbonyl (C=O) groups is 2. The lowest BCUT2D eigenvalue weighted by Crippen LogP contribution is -2.59. The summed E-state index contributed by atoms with van der Waals surface area (Å²) in [5.41, 5.74) is 3.73. The number of hydrazine groups is 1. The summed E-state index contributed by atoms with van der Waals surface area (Å²) in [6.45, 7) is 1.07. The van der Waals surface area contributed by atoms with Crippen molar-refractivity contribution in [2.24, 2.45) is 0 Å². The van der Waals surface area contributed by atoms with E-state index in [1.165, 1.54) is 0 Å². The molecule has 0 aliphatic heterocycles. The molecule has 1 aliphatic carbocycles. The van der Waals surface area contributed by atoms with Crippen LogP contribution in [0.25, 0.3) is 11.1 Å². The number of hydrogen-bond donors (Lipinski definition) is 4. The molecule has 166 valence electrons. The zero-order valence-electron chi connectivity index (χ0n) is 17.4. The molecule has 32 heavy (non-hydrogen) atoms. The Morgan fingerprint density at radius 2 is 1.91 bits per heavy atom. The zero-order valence-corrected chi connectivity index (χ0v) is 18.1. The molecule has 8 nitrogen and oxygen atoms in total. The maximum absolute atomic E-state index is 12.7. The SMILES string of the molecule is C[C@@](O)(C(=O)O)N(Cc1ccc(-c2cccc(Cl)c2)cc1)NC(=O)c1cc(C2CC2)[nH]n1. The lowest BCUT2D eigenvalue weighted by molar-refractivity contribution is -0.185. The molecule has 9 heteroatoms. The van der Waals surface area contributed by atoms with Crippen LogP contribution in [0.2, 0.25) is 5.02 Å². The predicted octanol–water partition coefficient (Wildman–Crippen LogP) is 3.55. The van der Waals surface area contributed by atoms with Crippen molar-refractivity contribution in [1.29, 1.82) is 0 Å². The standard InChI is InChI=1S/C23H23ClN4O4/c1-23(32,22(30)31)28(27-21(29)20-12-19(25-26-20)16-9-10-16)13-14-5-7-15(8-6-14)17-3-2-4-18(24)11-17/h2-8,11-12,16,32H,9-10,13H2,1H3,(H,25,26)(H,27,29)(H,30,31)/t23-/m1/s1. The van der Waals surface area contributed by atoms with Gasteiger partial charge in [-0.1, -0.05) is 48.0 Å². The van der Waals surface area contributed by atoms with Crippen LogP contribution in [0.3, 0.4) is 0 Å². The zero-order chi connectivity index (χ0) is 22.9. The molecule has 1 heterocycles. The number of rotatable bonds is 8. The van der Waals surface area contributed by atoms with Crippen LogP contribution in [0.1, 0.15) is 47.4 Å². The van der Waals surface area contributed by atoms with Crippen LogP contribution in [-0.4, -0.2) is 43.0 Å². The average molecular weight is 455 g/mol. The van der Waals surface area contributed by atoms with Crippen LogP contribution in [-0.2, 0) is 11.3 Å². The lowest BCUT2D eigenvalue weighted by atomic mass is 10.0. The number of carboxylic acids is 1. The van der Waals surface area contributed by atoms with E-state index in [1.807, 2.05) is 30.3 Å². The van der Waals surface area contributed by atoms with Gasteiger partial charge in [-0.15, -0.1) is 0 Å². The fraction of sp³-hybridized carbons (Fsp3) is 0.261. The molecule has 0 saturated heterocycles. The molecule has 4 N–H and O–H groups in total. The van der Waals surface area contributed by atoms with Gasteiger partial charge in [-0.2, -0.15) is 10.1 Å². The minimum atomic E-state index is -2.34. The third-order valence-electron chi connectivity index (χ3n) is 5.47. The van der Waals surface area contributed by atoms with Gasteiger partial charge in [0.15, 0.2) is 5.69 Å². The second kappa shape index (κ2) is 8.74. The Kier molecular flexibility index (Phi) is 6.01. The van der Waals surface area contributed by atoms with E-state index < -0.39 is 17.6 Å². The van der Waals surface area contributed by atoms with E-state index in [2.05, 4.69) is 15.6 Å². The van der Waals surface area contributed by atoms with Crippen molar-refractivity contribution in [3.63, 3.8) is 0 Å². The van der Waals surface area contributed by atoms with Crippen molar-refractivity contribution in [1.82, 2.24) is 20.6 Å². The highest BCUT2D eigenvalue weighted by Crippen LogP contribution is 2.39. The van der Waals surface area contributed by atoms with Gasteiger partial charge in [0.1, 0.15) is 0 Å². The van der Waals surface area contributed by atoms with Gasteiger partial charge in [0.25, 0.3) is 5.91 Å². The van der Waals surface area contributed by atoms with Crippen molar-refractivity contribution in [2.75, 3.05) is 0 Å². The number of aromatic nitrogens is 2. The molecule has 1 aliphatic rings. The molecule has 3 aromatic rings. The Bertz CT molecular complexity index is 1140. The fourth-order valence-corrected chi connectivity index (χ4v) is 3.50. The Balaban J connectivity index is 1.52. The van der Waals surface area contributed by atoms with Crippen LogP contribution in [0, 0.1) is 0 Å². The fourth-order valence-electron chi connectivity index (χ4n) is 3.31. The summed E-state index contributed by atoms with van der Waals surface area (Å²) in [7, 11) is 0. The van der Waals surface area contributed by atoms with E-state index in [4.69, 9.17) is 11.6 Å². The van der Waals surface area contributed by atoms with Crippen molar-refractivity contribution in [3.8, 4) is 11.1 Å². The van der Waals surface area contributed by atoms with E-state index in [0.717, 1.165) is 41.6 Å². The van der Waals surface area contributed by atoms with Gasteiger partial charge in [0, 0.05) is 23.2 Å². The maximum Gasteiger partial charge on any atom is 0.352 e. The number of aliphatic carboxylic acids is 1. The van der Waals surface area contributed by atoms with E-state index in [9.17, 15) is 19.8 Å². The summed E-state index contributed by atoms with van der Waals surface area (Å²) in [6.07, 6.45) is 2.10. The summed E-state index contributed by atoms with van der Waals surface area (Å²) in [5, 5.41) is 28.5. The van der Waals surface area contributed by atoms with Gasteiger partial charge in [0.05, 0.1) is 0 Å². The van der Waals surface area contributed by atoms with Gasteiger partial charge in [-0.05, 0) is 54.7 Å². The quantitative estimate of drug-likeness (QED) is 0.305. The molecule has 1 saturated carbocycles. The second-order valence-electron chi connectivity index (χ2n) is 8.04. The first-order chi connectivity index (χ1) is 15.2. The van der Waals surface area contributed by atoms with Crippen LogP contribution >= 0.6 is 11.6 Å². The van der Waals surface area contributed by atoms with Crippen LogP contribution in [0.15, 0.2) is 54.6 Å². The number of aromatic amines is 1. The summed E-state index contributed by atoms with van der Waals surface area (Å²) < 4.78 is 0. The first kappa shape index (κ1) is 22.0. The number of nitrogens with one attached hydrogen (secondary N) is 2. The third-order valence-corrected chi connectivity index (χ3v) is 5.70. The van der Waals surface area contributed by atoms with E-state index in [-0.39, 0.29) is 12.2 Å². The molecule has 0 spiro atoms. The number of H-pyrrole nitrogens is 1. The Hall–Kier alpha value is -3.20. The summed E-state index contributed by atoms with van der Waals surface area (Å²) in [6, 6.07) is 16.4. The molecule has 2 aromatic carbocycles. The van der Waals surface area contributed by atoms with Gasteiger partial charge >= 0.3 is 5.97 Å². The first-order valence-corrected chi connectivity index (χ1v) is 10.6. The van der Waals surface area contributed by atoms with Crippen molar-refractivity contribution >= 4 is 23.5 Å². The van der Waals surface area contributed by atoms with Crippen molar-refractivity contribution < 1.29 is 19.8 Å². The topological polar surface area (TPSA) is 119 Å². The monoisotopic (exact) mass is 454 g/mol. The first-order valence-electron chi connectivity index (χ1n) is 10.2. The molecular weight excluding hydrogens is 432 g/mol.